The minimum Gasteiger partial charge on any atom is -0.483 e. The molecule has 0 bridgehead atoms. The Labute approximate surface area is 185 Å². The third-order valence-electron chi connectivity index (χ3n) is 4.08. The van der Waals surface area contributed by atoms with E-state index in [4.69, 9.17) is 4.74 Å². The molecule has 3 amide bonds. The second kappa shape index (κ2) is 9.44. The lowest BCUT2D eigenvalue weighted by Gasteiger charge is -2.16. The van der Waals surface area contributed by atoms with Crippen LogP contribution < -0.4 is 10.1 Å². The van der Waals surface area contributed by atoms with Crippen molar-refractivity contribution in [2.24, 2.45) is 0 Å². The number of thioether (sulfide) groups is 1. The fraction of sp³-hybridized carbons (Fsp3) is 0.190. The zero-order valence-corrected chi connectivity index (χ0v) is 18.6. The van der Waals surface area contributed by atoms with Gasteiger partial charge in [0.15, 0.2) is 6.61 Å². The molecule has 0 saturated carbocycles. The first-order chi connectivity index (χ1) is 14.2. The van der Waals surface area contributed by atoms with E-state index in [0.29, 0.717) is 26.4 Å². The van der Waals surface area contributed by atoms with Crippen LogP contribution in [0.4, 0.5) is 14.9 Å². The van der Waals surface area contributed by atoms with Crippen molar-refractivity contribution in [3.05, 3.63) is 63.2 Å². The fourth-order valence-electron chi connectivity index (χ4n) is 2.67. The summed E-state index contributed by atoms with van der Waals surface area (Å²) >= 11 is 4.29. The van der Waals surface area contributed by atoms with E-state index in [1.807, 2.05) is 0 Å². The third kappa shape index (κ3) is 5.28. The lowest BCUT2D eigenvalue weighted by molar-refractivity contribution is -0.123. The van der Waals surface area contributed by atoms with Crippen LogP contribution >= 0.6 is 27.7 Å². The van der Waals surface area contributed by atoms with Crippen molar-refractivity contribution in [3.63, 3.8) is 0 Å². The summed E-state index contributed by atoms with van der Waals surface area (Å²) in [6.45, 7) is 3.34. The molecular formula is C21H18BrFN2O4S. The molecule has 0 aliphatic carbocycles. The van der Waals surface area contributed by atoms with E-state index in [1.54, 1.807) is 38.1 Å². The maximum Gasteiger partial charge on any atom is 0.293 e. The monoisotopic (exact) mass is 492 g/mol. The lowest BCUT2D eigenvalue weighted by atomic mass is 10.2. The van der Waals surface area contributed by atoms with E-state index in [-0.39, 0.29) is 35.5 Å². The van der Waals surface area contributed by atoms with Crippen LogP contribution in [0.5, 0.6) is 5.75 Å². The highest BCUT2D eigenvalue weighted by Crippen LogP contribution is 2.34. The normalized spacial score (nSPS) is 15.2. The number of anilines is 1. The van der Waals surface area contributed by atoms with Gasteiger partial charge in [-0.05, 0) is 89.6 Å². The van der Waals surface area contributed by atoms with Crippen LogP contribution in [0.25, 0.3) is 6.08 Å². The number of rotatable bonds is 6. The molecule has 3 rings (SSSR count). The van der Waals surface area contributed by atoms with Crippen molar-refractivity contribution in [2.75, 3.05) is 11.9 Å². The highest BCUT2D eigenvalue weighted by Gasteiger charge is 2.36. The van der Waals surface area contributed by atoms with Crippen LogP contribution in [0.3, 0.4) is 0 Å². The predicted octanol–water partition coefficient (Wildman–Crippen LogP) is 5.05. The van der Waals surface area contributed by atoms with E-state index >= 15 is 0 Å². The number of imide groups is 1. The molecule has 1 heterocycles. The summed E-state index contributed by atoms with van der Waals surface area (Å²) in [7, 11) is 0. The molecular weight excluding hydrogens is 475 g/mol. The smallest absolute Gasteiger partial charge is 0.293 e. The third-order valence-corrected chi connectivity index (χ3v) is 5.58. The molecule has 2 aromatic rings. The standard InChI is InChI=1S/C21H18BrFN2O4S/c1-12(2)25-20(27)18(30-21(25)28)10-13-3-8-17(16(22)9-13)29-11-19(26)24-15-6-4-14(23)5-7-15/h3-10,12H,11H2,1-2H3,(H,24,26)/b18-10-. The first-order valence-electron chi connectivity index (χ1n) is 8.99. The molecule has 0 spiro atoms. The SMILES string of the molecule is CC(C)N1C(=O)S/C(=C\c2ccc(OCC(=O)Nc3ccc(F)cc3)c(Br)c2)C1=O. The van der Waals surface area contributed by atoms with E-state index in [0.717, 1.165) is 11.8 Å². The Kier molecular flexibility index (Phi) is 6.94. The molecule has 0 atom stereocenters. The van der Waals surface area contributed by atoms with Gasteiger partial charge < -0.3 is 10.1 Å². The van der Waals surface area contributed by atoms with Crippen molar-refractivity contribution in [1.29, 1.82) is 0 Å². The molecule has 0 aromatic heterocycles. The quantitative estimate of drug-likeness (QED) is 0.570. The van der Waals surface area contributed by atoms with Gasteiger partial charge >= 0.3 is 0 Å². The molecule has 0 radical (unpaired) electrons. The molecule has 6 nitrogen and oxygen atoms in total. The summed E-state index contributed by atoms with van der Waals surface area (Å²) in [5, 5.41) is 2.32. The average Bonchev–Trinajstić information content (AvgIpc) is 2.96. The van der Waals surface area contributed by atoms with Gasteiger partial charge in [-0.1, -0.05) is 6.07 Å². The number of nitrogens with zero attached hydrogens (tertiary/aromatic N) is 1. The molecule has 1 fully saturated rings. The molecule has 1 N–H and O–H groups in total. The zero-order chi connectivity index (χ0) is 21.8. The largest absolute Gasteiger partial charge is 0.483 e. The fourth-order valence-corrected chi connectivity index (χ4v) is 4.15. The molecule has 9 heteroatoms. The Morgan fingerprint density at radius 3 is 2.53 bits per heavy atom. The van der Waals surface area contributed by atoms with Crippen molar-refractivity contribution in [2.45, 2.75) is 19.9 Å². The topological polar surface area (TPSA) is 75.7 Å². The number of carbonyl (C=O) groups excluding carboxylic acids is 3. The van der Waals surface area contributed by atoms with Gasteiger partial charge in [-0.3, -0.25) is 19.3 Å². The van der Waals surface area contributed by atoms with E-state index in [2.05, 4.69) is 21.2 Å². The summed E-state index contributed by atoms with van der Waals surface area (Å²) in [5.74, 6) is -0.646. The lowest BCUT2D eigenvalue weighted by Crippen LogP contribution is -2.34. The van der Waals surface area contributed by atoms with Gasteiger partial charge in [0.2, 0.25) is 0 Å². The molecule has 2 aromatic carbocycles. The Morgan fingerprint density at radius 2 is 1.93 bits per heavy atom. The summed E-state index contributed by atoms with van der Waals surface area (Å²) in [6, 6.07) is 10.3. The zero-order valence-electron chi connectivity index (χ0n) is 16.1. The van der Waals surface area contributed by atoms with Crippen molar-refractivity contribution < 1.29 is 23.5 Å². The van der Waals surface area contributed by atoms with Gasteiger partial charge in [0.1, 0.15) is 11.6 Å². The highest BCUT2D eigenvalue weighted by molar-refractivity contribution is 9.10. The minimum absolute atomic E-state index is 0.202. The first kappa shape index (κ1) is 22.0. The summed E-state index contributed by atoms with van der Waals surface area (Å²) < 4.78 is 19.0. The number of amides is 3. The van der Waals surface area contributed by atoms with Gasteiger partial charge in [-0.25, -0.2) is 4.39 Å². The molecule has 1 aliphatic heterocycles. The average molecular weight is 493 g/mol. The van der Waals surface area contributed by atoms with Crippen molar-refractivity contribution in [1.82, 2.24) is 4.90 Å². The number of hydrogen-bond donors (Lipinski definition) is 1. The van der Waals surface area contributed by atoms with Crippen LogP contribution in [-0.4, -0.2) is 34.6 Å². The number of ether oxygens (including phenoxy) is 1. The number of carbonyl (C=O) groups is 3. The Hall–Kier alpha value is -2.65. The van der Waals surface area contributed by atoms with Crippen LogP contribution in [0.2, 0.25) is 0 Å². The van der Waals surface area contributed by atoms with Gasteiger partial charge in [-0.15, -0.1) is 0 Å². The Morgan fingerprint density at radius 1 is 1.23 bits per heavy atom. The van der Waals surface area contributed by atoms with Crippen LogP contribution in [0.15, 0.2) is 51.8 Å². The number of hydrogen-bond acceptors (Lipinski definition) is 5. The van der Waals surface area contributed by atoms with Gasteiger partial charge in [0.05, 0.1) is 9.38 Å². The van der Waals surface area contributed by atoms with Crippen LogP contribution in [0.1, 0.15) is 19.4 Å². The maximum absolute atomic E-state index is 12.9. The Bertz CT molecular complexity index is 1020. The Balaban J connectivity index is 1.63. The van der Waals surface area contributed by atoms with Crippen molar-refractivity contribution >= 4 is 56.5 Å². The summed E-state index contributed by atoms with van der Waals surface area (Å²) in [5.41, 5.74) is 1.18. The van der Waals surface area contributed by atoms with Gasteiger partial charge in [0, 0.05) is 11.7 Å². The molecule has 156 valence electrons. The second-order valence-corrected chi connectivity index (χ2v) is 8.53. The molecule has 1 aliphatic rings. The van der Waals surface area contributed by atoms with Gasteiger partial charge in [-0.2, -0.15) is 0 Å². The van der Waals surface area contributed by atoms with Crippen LogP contribution in [0, 0.1) is 5.82 Å². The first-order valence-corrected chi connectivity index (χ1v) is 10.6. The highest BCUT2D eigenvalue weighted by atomic mass is 79.9. The van der Waals surface area contributed by atoms with E-state index < -0.39 is 0 Å². The maximum atomic E-state index is 12.9. The van der Waals surface area contributed by atoms with Crippen LogP contribution in [-0.2, 0) is 9.59 Å². The van der Waals surface area contributed by atoms with E-state index in [1.165, 1.54) is 29.2 Å². The molecule has 1 saturated heterocycles. The van der Waals surface area contributed by atoms with Gasteiger partial charge in [0.25, 0.3) is 17.1 Å². The minimum atomic E-state index is -0.389. The number of benzene rings is 2. The number of halogens is 2. The molecule has 0 unspecified atom stereocenters. The summed E-state index contributed by atoms with van der Waals surface area (Å²) in [4.78, 5) is 37.9. The molecule has 30 heavy (non-hydrogen) atoms. The predicted molar refractivity (Wildman–Crippen MR) is 118 cm³/mol. The second-order valence-electron chi connectivity index (χ2n) is 6.68. The summed E-state index contributed by atoms with van der Waals surface area (Å²) in [6.07, 6.45) is 1.64. The van der Waals surface area contributed by atoms with Crippen molar-refractivity contribution in [3.8, 4) is 5.75 Å². The number of nitrogens with one attached hydrogen (secondary N) is 1. The van der Waals surface area contributed by atoms with E-state index in [9.17, 15) is 18.8 Å².